The first-order chi connectivity index (χ1) is 14.4. The van der Waals surface area contributed by atoms with Crippen molar-refractivity contribution in [3.8, 4) is 11.5 Å². The number of amides is 1. The highest BCUT2D eigenvalue weighted by atomic mass is 32.2. The number of hydrogen-bond donors (Lipinski definition) is 2. The van der Waals surface area contributed by atoms with E-state index in [0.29, 0.717) is 16.8 Å². The zero-order valence-electron chi connectivity index (χ0n) is 16.4. The average Bonchev–Trinajstić information content (AvgIpc) is 2.74. The Morgan fingerprint density at radius 3 is 2.37 bits per heavy atom. The number of para-hydroxylation sites is 1. The van der Waals surface area contributed by atoms with Crippen LogP contribution in [0.2, 0.25) is 0 Å². The van der Waals surface area contributed by atoms with E-state index < -0.39 is 16.3 Å². The molecule has 8 heteroatoms. The summed E-state index contributed by atoms with van der Waals surface area (Å²) in [6.07, 6.45) is -0.496. The van der Waals surface area contributed by atoms with E-state index in [9.17, 15) is 13.2 Å². The Kier molecular flexibility index (Phi) is 5.09. The number of fused-ring (bicyclic) bond motifs is 1. The maximum atomic E-state index is 12.6. The molecule has 0 aliphatic carbocycles. The number of anilines is 1. The van der Waals surface area contributed by atoms with Gasteiger partial charge < -0.3 is 19.6 Å². The third kappa shape index (κ3) is 3.81. The maximum Gasteiger partial charge on any atom is 0.339 e. The Labute approximate surface area is 174 Å². The van der Waals surface area contributed by atoms with Gasteiger partial charge in [-0.3, -0.25) is 4.79 Å². The summed E-state index contributed by atoms with van der Waals surface area (Å²) in [6.45, 7) is 1.87. The van der Waals surface area contributed by atoms with Gasteiger partial charge in [0.25, 0.3) is 5.91 Å². The molecule has 1 aliphatic rings. The molecule has 0 fully saturated rings. The van der Waals surface area contributed by atoms with Crippen molar-refractivity contribution in [1.29, 1.82) is 0 Å². The smallest absolute Gasteiger partial charge is 0.339 e. The van der Waals surface area contributed by atoms with Crippen LogP contribution in [-0.4, -0.2) is 21.4 Å². The lowest BCUT2D eigenvalue weighted by molar-refractivity contribution is 0.0935. The summed E-state index contributed by atoms with van der Waals surface area (Å²) in [7, 11) is -2.59. The number of benzene rings is 3. The molecular formula is C22H20N2O5S. The van der Waals surface area contributed by atoms with Crippen LogP contribution in [0.15, 0.2) is 71.6 Å². The predicted molar refractivity (Wildman–Crippen MR) is 112 cm³/mol. The Balaban J connectivity index is 1.61. The predicted octanol–water partition coefficient (Wildman–Crippen LogP) is 3.63. The highest BCUT2D eigenvalue weighted by molar-refractivity contribution is 7.87. The van der Waals surface area contributed by atoms with E-state index in [0.717, 1.165) is 5.56 Å². The Morgan fingerprint density at radius 1 is 0.900 bits per heavy atom. The molecule has 3 aromatic carbocycles. The van der Waals surface area contributed by atoms with Crippen LogP contribution in [0.3, 0.4) is 0 Å². The number of carbonyl (C=O) groups is 1. The van der Waals surface area contributed by atoms with E-state index in [1.165, 1.54) is 25.3 Å². The van der Waals surface area contributed by atoms with Crippen LogP contribution in [-0.2, 0) is 10.1 Å². The van der Waals surface area contributed by atoms with Gasteiger partial charge in [-0.05, 0) is 48.9 Å². The molecule has 0 saturated heterocycles. The number of methoxy groups -OCH3 is 1. The fourth-order valence-corrected chi connectivity index (χ4v) is 4.12. The molecule has 0 aromatic heterocycles. The maximum absolute atomic E-state index is 12.6. The van der Waals surface area contributed by atoms with Gasteiger partial charge in [0.2, 0.25) is 0 Å². The van der Waals surface area contributed by atoms with E-state index in [1.54, 1.807) is 36.4 Å². The highest BCUT2D eigenvalue weighted by Crippen LogP contribution is 2.34. The number of hydrogen-bond acceptors (Lipinski definition) is 6. The van der Waals surface area contributed by atoms with Crippen LogP contribution in [0.4, 0.5) is 5.69 Å². The fraction of sp³-hybridized carbons (Fsp3) is 0.136. The fourth-order valence-electron chi connectivity index (χ4n) is 3.18. The first-order valence-corrected chi connectivity index (χ1v) is 10.6. The highest BCUT2D eigenvalue weighted by Gasteiger charge is 2.26. The van der Waals surface area contributed by atoms with Gasteiger partial charge >= 0.3 is 10.1 Å². The Morgan fingerprint density at radius 2 is 1.63 bits per heavy atom. The molecule has 1 aliphatic heterocycles. The molecule has 0 radical (unpaired) electrons. The normalized spacial score (nSPS) is 15.5. The van der Waals surface area contributed by atoms with Crippen molar-refractivity contribution in [2.24, 2.45) is 0 Å². The summed E-state index contributed by atoms with van der Waals surface area (Å²) in [4.78, 5) is 12.4. The van der Waals surface area contributed by atoms with Crippen LogP contribution in [0.1, 0.15) is 27.7 Å². The molecule has 0 bridgehead atoms. The average molecular weight is 424 g/mol. The number of nitrogens with one attached hydrogen (secondary N) is 2. The van der Waals surface area contributed by atoms with Crippen LogP contribution >= 0.6 is 0 Å². The third-order valence-corrected chi connectivity index (χ3v) is 6.03. The molecule has 1 unspecified atom stereocenters. The Bertz CT molecular complexity index is 1210. The molecule has 2 N–H and O–H groups in total. The van der Waals surface area contributed by atoms with Crippen LogP contribution < -0.4 is 19.6 Å². The minimum atomic E-state index is -4.01. The first kappa shape index (κ1) is 19.8. The zero-order valence-corrected chi connectivity index (χ0v) is 17.2. The van der Waals surface area contributed by atoms with Gasteiger partial charge in [-0.2, -0.15) is 8.42 Å². The molecule has 30 heavy (non-hydrogen) atoms. The second-order valence-corrected chi connectivity index (χ2v) is 8.40. The third-order valence-electron chi connectivity index (χ3n) is 4.78. The molecule has 1 amide bonds. The molecule has 7 nitrogen and oxygen atoms in total. The lowest BCUT2D eigenvalue weighted by Gasteiger charge is -2.28. The minimum absolute atomic E-state index is 0.0528. The van der Waals surface area contributed by atoms with E-state index in [1.807, 2.05) is 19.1 Å². The van der Waals surface area contributed by atoms with Crippen molar-refractivity contribution < 1.29 is 22.1 Å². The number of carbonyl (C=O) groups excluding carboxylic acids is 1. The molecule has 0 spiro atoms. The largest absolute Gasteiger partial charge is 0.493 e. The van der Waals surface area contributed by atoms with Gasteiger partial charge in [0.1, 0.15) is 11.1 Å². The monoisotopic (exact) mass is 424 g/mol. The van der Waals surface area contributed by atoms with Gasteiger partial charge in [0.15, 0.2) is 11.5 Å². The van der Waals surface area contributed by atoms with Crippen LogP contribution in [0.25, 0.3) is 0 Å². The quantitative estimate of drug-likeness (QED) is 0.608. The van der Waals surface area contributed by atoms with Gasteiger partial charge in [-0.25, -0.2) is 0 Å². The number of aryl methyl sites for hydroxylation is 1. The van der Waals surface area contributed by atoms with Gasteiger partial charge in [0.05, 0.1) is 12.7 Å². The topological polar surface area (TPSA) is 93.7 Å². The Hall–Kier alpha value is -3.52. The standard InChI is InChI=1S/C22H20N2O5S/c1-14-7-10-16(11-8-14)30(26,27)29-19-12-9-15(13-20(19)28-2)21-23-18-6-4-3-5-17(18)22(25)24-21/h3-13,21,23H,1-2H3,(H,24,25). The van der Waals surface area contributed by atoms with Gasteiger partial charge in [-0.15, -0.1) is 0 Å². The minimum Gasteiger partial charge on any atom is -0.493 e. The number of rotatable bonds is 5. The summed E-state index contributed by atoms with van der Waals surface area (Å²) >= 11 is 0. The molecule has 1 atom stereocenters. The van der Waals surface area contributed by atoms with Crippen molar-refractivity contribution >= 4 is 21.7 Å². The summed E-state index contributed by atoms with van der Waals surface area (Å²) in [5, 5.41) is 6.12. The van der Waals surface area contributed by atoms with Crippen molar-refractivity contribution in [2.45, 2.75) is 18.0 Å². The molecule has 3 aromatic rings. The van der Waals surface area contributed by atoms with Crippen molar-refractivity contribution in [2.75, 3.05) is 12.4 Å². The van der Waals surface area contributed by atoms with Gasteiger partial charge in [0, 0.05) is 5.69 Å². The molecular weight excluding hydrogens is 404 g/mol. The SMILES string of the molecule is COc1cc(C2NC(=O)c3ccccc3N2)ccc1OS(=O)(=O)c1ccc(C)cc1. The van der Waals surface area contributed by atoms with Crippen LogP contribution in [0.5, 0.6) is 11.5 Å². The summed E-state index contributed by atoms with van der Waals surface area (Å²) in [5.41, 5.74) is 2.91. The summed E-state index contributed by atoms with van der Waals surface area (Å²) < 4.78 is 35.9. The molecule has 1 heterocycles. The van der Waals surface area contributed by atoms with Gasteiger partial charge in [-0.1, -0.05) is 35.9 Å². The lowest BCUT2D eigenvalue weighted by Crippen LogP contribution is -2.38. The second kappa shape index (κ2) is 7.72. The van der Waals surface area contributed by atoms with E-state index in [2.05, 4.69) is 10.6 Å². The van der Waals surface area contributed by atoms with Crippen molar-refractivity contribution in [3.05, 3.63) is 83.4 Å². The van der Waals surface area contributed by atoms with E-state index in [4.69, 9.17) is 8.92 Å². The summed E-state index contributed by atoms with van der Waals surface area (Å²) in [5.74, 6) is 0.0954. The van der Waals surface area contributed by atoms with Crippen molar-refractivity contribution in [3.63, 3.8) is 0 Å². The van der Waals surface area contributed by atoms with E-state index in [-0.39, 0.29) is 22.3 Å². The van der Waals surface area contributed by atoms with Crippen LogP contribution in [0, 0.1) is 6.92 Å². The second-order valence-electron chi connectivity index (χ2n) is 6.86. The lowest BCUT2D eigenvalue weighted by atomic mass is 10.1. The molecule has 154 valence electrons. The van der Waals surface area contributed by atoms with E-state index >= 15 is 0 Å². The molecule has 0 saturated carbocycles. The summed E-state index contributed by atoms with van der Waals surface area (Å²) in [6, 6.07) is 18.4. The molecule has 4 rings (SSSR count). The zero-order chi connectivity index (χ0) is 21.3. The first-order valence-electron chi connectivity index (χ1n) is 9.23. The number of ether oxygens (including phenoxy) is 1. The van der Waals surface area contributed by atoms with Crippen molar-refractivity contribution in [1.82, 2.24) is 5.32 Å².